The summed E-state index contributed by atoms with van der Waals surface area (Å²) in [5, 5.41) is 3.17. The summed E-state index contributed by atoms with van der Waals surface area (Å²) >= 11 is 0. The normalized spacial score (nSPS) is 19.4. The van der Waals surface area contributed by atoms with Crippen LogP contribution in [0.5, 0.6) is 5.88 Å². The maximum atomic E-state index is 12.4. The predicted octanol–water partition coefficient (Wildman–Crippen LogP) is 0.587. The molecule has 114 valence electrons. The van der Waals surface area contributed by atoms with Crippen LogP contribution in [0.4, 0.5) is 8.78 Å². The van der Waals surface area contributed by atoms with Gasteiger partial charge in [0.05, 0.1) is 6.20 Å². The maximum Gasteiger partial charge on any atom is 0.388 e. The Bertz CT molecular complexity index is 657. The van der Waals surface area contributed by atoms with E-state index in [4.69, 9.17) is 0 Å². The van der Waals surface area contributed by atoms with Crippen molar-refractivity contribution in [2.24, 2.45) is 0 Å². The van der Waals surface area contributed by atoms with Crippen molar-refractivity contribution in [2.75, 3.05) is 26.2 Å². The quantitative estimate of drug-likeness (QED) is 0.823. The molecular weight excluding hydrogens is 304 g/mol. The third-order valence-electron chi connectivity index (χ3n) is 3.47. The fraction of sp³-hybridized carbons (Fsp3) is 0.417. The largest absolute Gasteiger partial charge is 0.417 e. The molecule has 0 aliphatic carbocycles. The van der Waals surface area contributed by atoms with E-state index >= 15 is 0 Å². The van der Waals surface area contributed by atoms with Gasteiger partial charge in [-0.1, -0.05) is 0 Å². The molecule has 0 saturated carbocycles. The number of ether oxygens (including phenoxy) is 1. The number of nitrogens with zero attached hydrogens (tertiary/aromatic N) is 2. The second-order valence-corrected chi connectivity index (χ2v) is 6.73. The molecule has 3 heterocycles. The zero-order valence-corrected chi connectivity index (χ0v) is 11.7. The molecule has 1 aromatic heterocycles. The summed E-state index contributed by atoms with van der Waals surface area (Å²) in [6, 6.07) is 2.35. The Morgan fingerprint density at radius 1 is 1.24 bits per heavy atom. The predicted molar refractivity (Wildman–Crippen MR) is 69.5 cm³/mol. The number of alkyl halides is 2. The summed E-state index contributed by atoms with van der Waals surface area (Å²) in [7, 11) is -3.67. The van der Waals surface area contributed by atoms with E-state index < -0.39 is 16.6 Å². The van der Waals surface area contributed by atoms with E-state index in [1.807, 2.05) is 0 Å². The van der Waals surface area contributed by atoms with Crippen LogP contribution in [0, 0.1) is 0 Å². The number of hydrogen-bond donors (Lipinski definition) is 1. The molecule has 2 aliphatic heterocycles. The van der Waals surface area contributed by atoms with Crippen molar-refractivity contribution < 1.29 is 21.9 Å². The van der Waals surface area contributed by atoms with Gasteiger partial charge in [-0.05, 0) is 17.2 Å². The van der Waals surface area contributed by atoms with Crippen LogP contribution in [-0.4, -0.2) is 50.5 Å². The number of nitrogens with one attached hydrogen (secondary N) is 1. The van der Waals surface area contributed by atoms with Gasteiger partial charge in [-0.25, -0.2) is 13.4 Å². The van der Waals surface area contributed by atoms with Gasteiger partial charge in [0.25, 0.3) is 0 Å². The maximum absolute atomic E-state index is 12.4. The van der Waals surface area contributed by atoms with E-state index in [9.17, 15) is 17.2 Å². The van der Waals surface area contributed by atoms with Gasteiger partial charge in [0, 0.05) is 32.2 Å². The summed E-state index contributed by atoms with van der Waals surface area (Å²) < 4.78 is 54.4. The van der Waals surface area contributed by atoms with Gasteiger partial charge in [-0.2, -0.15) is 13.1 Å². The van der Waals surface area contributed by atoms with E-state index in [2.05, 4.69) is 15.0 Å². The number of halogens is 2. The number of rotatable bonds is 4. The fourth-order valence-electron chi connectivity index (χ4n) is 2.43. The summed E-state index contributed by atoms with van der Waals surface area (Å²) in [4.78, 5) is 3.57. The van der Waals surface area contributed by atoms with Gasteiger partial charge in [0.2, 0.25) is 15.9 Å². The second kappa shape index (κ2) is 5.32. The number of hydrogen-bond acceptors (Lipinski definition) is 5. The zero-order chi connectivity index (χ0) is 15.0. The lowest BCUT2D eigenvalue weighted by atomic mass is 10.2. The van der Waals surface area contributed by atoms with Crippen LogP contribution in [-0.2, 0) is 10.0 Å². The lowest BCUT2D eigenvalue weighted by Gasteiger charge is -2.18. The van der Waals surface area contributed by atoms with Crippen molar-refractivity contribution >= 4 is 10.0 Å². The molecule has 2 aliphatic rings. The minimum absolute atomic E-state index is 0.0294. The Morgan fingerprint density at radius 2 is 1.90 bits per heavy atom. The molecule has 0 unspecified atom stereocenters. The Labute approximate surface area is 120 Å². The fourth-order valence-corrected chi connectivity index (χ4v) is 3.81. The van der Waals surface area contributed by atoms with Crippen molar-refractivity contribution in [2.45, 2.75) is 11.5 Å². The van der Waals surface area contributed by atoms with Crippen molar-refractivity contribution in [3.63, 3.8) is 0 Å². The van der Waals surface area contributed by atoms with Gasteiger partial charge < -0.3 is 10.1 Å². The number of sulfonamides is 1. The first kappa shape index (κ1) is 14.4. The molecule has 0 radical (unpaired) electrons. The number of aromatic nitrogens is 1. The van der Waals surface area contributed by atoms with Crippen LogP contribution in [0.3, 0.4) is 0 Å². The Hall–Kier alpha value is -1.58. The third kappa shape index (κ3) is 2.76. The van der Waals surface area contributed by atoms with E-state index in [0.29, 0.717) is 26.2 Å². The second-order valence-electron chi connectivity index (χ2n) is 4.79. The SMILES string of the molecule is O=S(=O)(c1ccc(OC(F)F)nc1)N1CC2=C(CNC2)C1. The lowest BCUT2D eigenvalue weighted by molar-refractivity contribution is -0.0529. The molecule has 0 aromatic carbocycles. The van der Waals surface area contributed by atoms with Crippen LogP contribution in [0.15, 0.2) is 34.4 Å². The topological polar surface area (TPSA) is 71.5 Å². The minimum atomic E-state index is -3.67. The van der Waals surface area contributed by atoms with Crippen LogP contribution in [0.2, 0.25) is 0 Å². The molecule has 21 heavy (non-hydrogen) atoms. The van der Waals surface area contributed by atoms with Crippen LogP contribution in [0.1, 0.15) is 0 Å². The summed E-state index contributed by atoms with van der Waals surface area (Å²) in [5.41, 5.74) is 2.20. The zero-order valence-electron chi connectivity index (χ0n) is 10.9. The first-order valence-electron chi connectivity index (χ1n) is 6.28. The highest BCUT2D eigenvalue weighted by molar-refractivity contribution is 7.89. The summed E-state index contributed by atoms with van der Waals surface area (Å²) in [6.07, 6.45) is 1.04. The molecular formula is C12H13F2N3O3S. The van der Waals surface area contributed by atoms with Crippen molar-refractivity contribution in [1.82, 2.24) is 14.6 Å². The third-order valence-corrected chi connectivity index (χ3v) is 5.24. The van der Waals surface area contributed by atoms with Gasteiger partial charge in [0.15, 0.2) is 0 Å². The molecule has 0 fully saturated rings. The smallest absolute Gasteiger partial charge is 0.388 e. The standard InChI is InChI=1S/C12H13F2N3O3S/c13-12(14)20-11-2-1-10(5-16-11)21(18,19)17-6-8-3-15-4-9(8)7-17/h1-2,5,12,15H,3-4,6-7H2. The minimum Gasteiger partial charge on any atom is -0.417 e. The average molecular weight is 317 g/mol. The highest BCUT2D eigenvalue weighted by Gasteiger charge is 2.33. The Balaban J connectivity index is 1.76. The molecule has 3 rings (SSSR count). The molecule has 1 N–H and O–H groups in total. The van der Waals surface area contributed by atoms with Crippen LogP contribution < -0.4 is 10.1 Å². The highest BCUT2D eigenvalue weighted by atomic mass is 32.2. The molecule has 0 amide bonds. The van der Waals surface area contributed by atoms with Gasteiger partial charge in [-0.3, -0.25) is 0 Å². The first-order chi connectivity index (χ1) is 9.96. The molecule has 1 aromatic rings. The molecule has 0 atom stereocenters. The van der Waals surface area contributed by atoms with Gasteiger partial charge in [-0.15, -0.1) is 0 Å². The van der Waals surface area contributed by atoms with Gasteiger partial charge in [0.1, 0.15) is 4.90 Å². The molecule has 0 bridgehead atoms. The van der Waals surface area contributed by atoms with E-state index in [-0.39, 0.29) is 10.8 Å². The molecule has 0 spiro atoms. The molecule has 6 nitrogen and oxygen atoms in total. The summed E-state index contributed by atoms with van der Waals surface area (Å²) in [5.74, 6) is -0.310. The Kier molecular flexibility index (Phi) is 3.64. The first-order valence-corrected chi connectivity index (χ1v) is 7.72. The van der Waals surface area contributed by atoms with E-state index in [1.165, 1.54) is 10.4 Å². The monoisotopic (exact) mass is 317 g/mol. The van der Waals surface area contributed by atoms with Crippen LogP contribution in [0.25, 0.3) is 0 Å². The van der Waals surface area contributed by atoms with Crippen molar-refractivity contribution in [3.05, 3.63) is 29.5 Å². The van der Waals surface area contributed by atoms with E-state index in [1.54, 1.807) is 0 Å². The van der Waals surface area contributed by atoms with Crippen molar-refractivity contribution in [3.8, 4) is 5.88 Å². The van der Waals surface area contributed by atoms with E-state index in [0.717, 1.165) is 23.4 Å². The van der Waals surface area contributed by atoms with Gasteiger partial charge >= 0.3 is 6.61 Å². The molecule has 0 saturated heterocycles. The average Bonchev–Trinajstić information content (AvgIpc) is 2.99. The number of pyridine rings is 1. The highest BCUT2D eigenvalue weighted by Crippen LogP contribution is 2.26. The summed E-state index contributed by atoms with van der Waals surface area (Å²) in [6.45, 7) is -0.847. The Morgan fingerprint density at radius 3 is 2.43 bits per heavy atom. The van der Waals surface area contributed by atoms with Crippen molar-refractivity contribution in [1.29, 1.82) is 0 Å². The lowest BCUT2D eigenvalue weighted by Crippen LogP contribution is -2.32. The molecule has 9 heteroatoms. The van der Waals surface area contributed by atoms with Crippen LogP contribution >= 0.6 is 0 Å².